The number of aromatic amines is 1. The summed E-state index contributed by atoms with van der Waals surface area (Å²) >= 11 is 1.31. The zero-order chi connectivity index (χ0) is 21.8. The molecule has 6 nitrogen and oxygen atoms in total. The lowest BCUT2D eigenvalue weighted by Gasteiger charge is -2.26. The molecule has 3 aromatic rings. The van der Waals surface area contributed by atoms with Crippen LogP contribution in [0.3, 0.4) is 0 Å². The van der Waals surface area contributed by atoms with Crippen molar-refractivity contribution in [3.05, 3.63) is 81.4 Å². The Morgan fingerprint density at radius 1 is 1.16 bits per heavy atom. The number of hydrogen-bond donors (Lipinski definition) is 2. The molecule has 31 heavy (non-hydrogen) atoms. The molecule has 0 saturated carbocycles. The fraction of sp³-hybridized carbons (Fsp3) is 0.261. The van der Waals surface area contributed by atoms with E-state index in [4.69, 9.17) is 4.74 Å². The molecule has 2 heterocycles. The van der Waals surface area contributed by atoms with Gasteiger partial charge >= 0.3 is 0 Å². The van der Waals surface area contributed by atoms with Crippen LogP contribution in [-0.2, 0) is 10.5 Å². The van der Waals surface area contributed by atoms with E-state index >= 15 is 0 Å². The number of ether oxygens (including phenoxy) is 1. The van der Waals surface area contributed by atoms with Gasteiger partial charge in [0.15, 0.2) is 5.16 Å². The van der Waals surface area contributed by atoms with E-state index < -0.39 is 5.92 Å². The highest BCUT2D eigenvalue weighted by Gasteiger charge is 2.32. The molecule has 160 valence electrons. The van der Waals surface area contributed by atoms with Crippen molar-refractivity contribution >= 4 is 23.5 Å². The van der Waals surface area contributed by atoms with Gasteiger partial charge in [-0.25, -0.2) is 9.37 Å². The topological polar surface area (TPSA) is 84.1 Å². The van der Waals surface area contributed by atoms with Crippen molar-refractivity contribution in [1.29, 1.82) is 0 Å². The number of carbonyl (C=O) groups excluding carboxylic acids is 1. The van der Waals surface area contributed by atoms with Crippen LogP contribution in [0.2, 0.25) is 0 Å². The first-order chi connectivity index (χ1) is 15.0. The van der Waals surface area contributed by atoms with E-state index in [1.807, 2.05) is 31.2 Å². The molecule has 0 radical (unpaired) electrons. The Hall–Kier alpha value is -3.13. The van der Waals surface area contributed by atoms with Crippen molar-refractivity contribution in [1.82, 2.24) is 9.97 Å². The molecule has 1 aliphatic heterocycles. The van der Waals surface area contributed by atoms with Gasteiger partial charge < -0.3 is 15.0 Å². The third kappa shape index (κ3) is 4.80. The first-order valence-electron chi connectivity index (χ1n) is 10.1. The molecule has 0 aliphatic carbocycles. The van der Waals surface area contributed by atoms with Gasteiger partial charge in [0.2, 0.25) is 5.91 Å². The summed E-state index contributed by atoms with van der Waals surface area (Å²) in [6.07, 6.45) is 0.999. The maximum absolute atomic E-state index is 13.1. The van der Waals surface area contributed by atoms with Crippen LogP contribution in [0.4, 0.5) is 10.2 Å². The molecule has 0 spiro atoms. The Balaban J connectivity index is 1.65. The highest BCUT2D eigenvalue weighted by Crippen LogP contribution is 2.38. The normalized spacial score (nSPS) is 15.3. The lowest BCUT2D eigenvalue weighted by molar-refractivity contribution is -0.116. The Morgan fingerprint density at radius 2 is 1.94 bits per heavy atom. The van der Waals surface area contributed by atoms with Crippen molar-refractivity contribution < 1.29 is 13.9 Å². The third-order valence-electron chi connectivity index (χ3n) is 4.97. The van der Waals surface area contributed by atoms with E-state index in [9.17, 15) is 14.0 Å². The minimum atomic E-state index is -0.441. The summed E-state index contributed by atoms with van der Waals surface area (Å²) in [5.41, 5.74) is 1.84. The van der Waals surface area contributed by atoms with Crippen molar-refractivity contribution in [2.45, 2.75) is 36.6 Å². The highest BCUT2D eigenvalue weighted by molar-refractivity contribution is 7.98. The third-order valence-corrected chi connectivity index (χ3v) is 5.92. The summed E-state index contributed by atoms with van der Waals surface area (Å²) in [5, 5.41) is 3.13. The van der Waals surface area contributed by atoms with E-state index in [2.05, 4.69) is 15.3 Å². The average molecular weight is 440 g/mol. The van der Waals surface area contributed by atoms with Gasteiger partial charge in [0.25, 0.3) is 5.56 Å². The Kier molecular flexibility index (Phi) is 6.36. The molecule has 0 saturated heterocycles. The number of para-hydroxylation sites is 1. The zero-order valence-electron chi connectivity index (χ0n) is 17.0. The van der Waals surface area contributed by atoms with Gasteiger partial charge in [-0.3, -0.25) is 9.59 Å². The lowest BCUT2D eigenvalue weighted by atomic mass is 9.86. The Morgan fingerprint density at radius 3 is 2.71 bits per heavy atom. The van der Waals surface area contributed by atoms with E-state index in [-0.39, 0.29) is 29.5 Å². The number of benzene rings is 2. The van der Waals surface area contributed by atoms with Crippen LogP contribution in [0.25, 0.3) is 0 Å². The van der Waals surface area contributed by atoms with Crippen LogP contribution in [0.1, 0.15) is 42.4 Å². The number of rotatable bonds is 7. The predicted octanol–water partition coefficient (Wildman–Crippen LogP) is 4.46. The van der Waals surface area contributed by atoms with Crippen molar-refractivity contribution in [2.24, 2.45) is 0 Å². The van der Waals surface area contributed by atoms with E-state index in [0.29, 0.717) is 28.8 Å². The SMILES string of the molecule is CCCOc1ccccc1[C@@H]1CC(=O)Nc2nc(SCc3ccc(F)cc3)[nH]c(=O)c21. The fourth-order valence-corrected chi connectivity index (χ4v) is 4.35. The molecular formula is C23H22FN3O3S. The molecule has 1 amide bonds. The maximum atomic E-state index is 13.1. The molecule has 0 unspecified atom stereocenters. The zero-order valence-corrected chi connectivity index (χ0v) is 17.8. The number of nitrogens with one attached hydrogen (secondary N) is 2. The van der Waals surface area contributed by atoms with E-state index in [1.165, 1.54) is 23.9 Å². The van der Waals surface area contributed by atoms with E-state index in [1.54, 1.807) is 12.1 Å². The van der Waals surface area contributed by atoms with Gasteiger partial charge in [-0.15, -0.1) is 0 Å². The van der Waals surface area contributed by atoms with Crippen LogP contribution in [0.15, 0.2) is 58.5 Å². The molecule has 2 aromatic carbocycles. The number of fused-ring (bicyclic) bond motifs is 1. The lowest BCUT2D eigenvalue weighted by Crippen LogP contribution is -2.31. The molecule has 0 bridgehead atoms. The van der Waals surface area contributed by atoms with Crippen LogP contribution < -0.4 is 15.6 Å². The largest absolute Gasteiger partial charge is 0.493 e. The van der Waals surface area contributed by atoms with Crippen LogP contribution in [0, 0.1) is 5.82 Å². The second kappa shape index (κ2) is 9.34. The van der Waals surface area contributed by atoms with Gasteiger partial charge in [0, 0.05) is 23.7 Å². The molecule has 8 heteroatoms. The number of amides is 1. The Labute approximate surface area is 183 Å². The summed E-state index contributed by atoms with van der Waals surface area (Å²) in [7, 11) is 0. The minimum absolute atomic E-state index is 0.145. The van der Waals surface area contributed by atoms with Crippen LogP contribution >= 0.6 is 11.8 Å². The number of aromatic nitrogens is 2. The molecular weight excluding hydrogens is 417 g/mol. The van der Waals surface area contributed by atoms with Gasteiger partial charge in [-0.2, -0.15) is 0 Å². The summed E-state index contributed by atoms with van der Waals surface area (Å²) in [5.74, 6) is 0.513. The first kappa shape index (κ1) is 21.1. The summed E-state index contributed by atoms with van der Waals surface area (Å²) in [4.78, 5) is 32.7. The number of hydrogen-bond acceptors (Lipinski definition) is 5. The van der Waals surface area contributed by atoms with Gasteiger partial charge in [0.05, 0.1) is 12.2 Å². The molecule has 2 N–H and O–H groups in total. The summed E-state index contributed by atoms with van der Waals surface area (Å²) < 4.78 is 18.9. The number of halogens is 1. The van der Waals surface area contributed by atoms with Crippen molar-refractivity contribution in [3.63, 3.8) is 0 Å². The highest BCUT2D eigenvalue weighted by atomic mass is 32.2. The smallest absolute Gasteiger partial charge is 0.257 e. The molecule has 4 rings (SSSR count). The predicted molar refractivity (Wildman–Crippen MR) is 118 cm³/mol. The standard InChI is InChI=1S/C23H22FN3O3S/c1-2-11-30-18-6-4-3-5-16(18)17-12-19(28)25-21-20(17)22(29)27-23(26-21)31-13-14-7-9-15(24)10-8-14/h3-10,17H,2,11-13H2,1H3,(H2,25,26,27,28,29)/t17-/m0/s1. The number of anilines is 1. The molecule has 0 fully saturated rings. The Bertz CT molecular complexity index is 1150. The molecule has 1 aliphatic rings. The van der Waals surface area contributed by atoms with E-state index in [0.717, 1.165) is 17.5 Å². The molecule has 1 atom stereocenters. The van der Waals surface area contributed by atoms with Crippen molar-refractivity contribution in [3.8, 4) is 5.75 Å². The van der Waals surface area contributed by atoms with Gasteiger partial charge in [-0.05, 0) is 30.2 Å². The van der Waals surface area contributed by atoms with Crippen molar-refractivity contribution in [2.75, 3.05) is 11.9 Å². The number of thioether (sulfide) groups is 1. The average Bonchev–Trinajstić information content (AvgIpc) is 2.76. The number of carbonyl (C=O) groups is 1. The summed E-state index contributed by atoms with van der Waals surface area (Å²) in [6, 6.07) is 13.6. The monoisotopic (exact) mass is 439 g/mol. The van der Waals surface area contributed by atoms with Crippen LogP contribution in [0.5, 0.6) is 5.75 Å². The quantitative estimate of drug-likeness (QED) is 0.419. The first-order valence-corrected chi connectivity index (χ1v) is 11.1. The maximum Gasteiger partial charge on any atom is 0.257 e. The fourth-order valence-electron chi connectivity index (χ4n) is 3.53. The summed E-state index contributed by atoms with van der Waals surface area (Å²) in [6.45, 7) is 2.57. The van der Waals surface area contributed by atoms with Gasteiger partial charge in [-0.1, -0.05) is 49.0 Å². The number of H-pyrrole nitrogens is 1. The number of nitrogens with zero attached hydrogens (tertiary/aromatic N) is 1. The second-order valence-corrected chi connectivity index (χ2v) is 8.20. The second-order valence-electron chi connectivity index (χ2n) is 7.24. The minimum Gasteiger partial charge on any atom is -0.493 e. The molecule has 1 aromatic heterocycles. The van der Waals surface area contributed by atoms with Gasteiger partial charge in [0.1, 0.15) is 17.4 Å². The van der Waals surface area contributed by atoms with Crippen LogP contribution in [-0.4, -0.2) is 22.5 Å².